The molecule has 0 aromatic heterocycles. The van der Waals surface area contributed by atoms with Gasteiger partial charge in [0.05, 0.1) is 0 Å². The zero-order valence-electron chi connectivity index (χ0n) is 21.3. The molecule has 0 amide bonds. The van der Waals surface area contributed by atoms with Crippen molar-refractivity contribution in [2.24, 2.45) is 17.1 Å². The molecule has 0 unspecified atom stereocenters. The Morgan fingerprint density at radius 1 is 1.12 bits per heavy atom. The fraction of sp³-hybridized carbons (Fsp3) is 0.586. The number of hydrogen-bond donors (Lipinski definition) is 3. The van der Waals surface area contributed by atoms with Crippen molar-refractivity contribution in [1.82, 2.24) is 0 Å². The van der Waals surface area contributed by atoms with Crippen LogP contribution in [0.15, 0.2) is 42.5 Å². The molecule has 0 spiro atoms. The normalized spacial score (nSPS) is 26.1. The lowest BCUT2D eigenvalue weighted by atomic mass is 9.49. The van der Waals surface area contributed by atoms with E-state index in [1.807, 2.05) is 0 Å². The molecule has 0 bridgehead atoms. The van der Waals surface area contributed by atoms with Gasteiger partial charge in [-0.2, -0.15) is 0 Å². The number of rotatable bonds is 8. The number of carbonyl (C=O) groups is 2. The number of aryl methyl sites for hydroxylation is 1. The Labute approximate surface area is 205 Å². The van der Waals surface area contributed by atoms with Gasteiger partial charge in [-0.3, -0.25) is 0 Å². The van der Waals surface area contributed by atoms with Gasteiger partial charge in [-0.1, -0.05) is 64.5 Å². The van der Waals surface area contributed by atoms with E-state index in [1.54, 1.807) is 11.1 Å². The monoisotopic (exact) mass is 469 g/mol. The Hall–Kier alpha value is -2.40. The molecule has 1 aromatic rings. The van der Waals surface area contributed by atoms with Crippen molar-refractivity contribution in [3.05, 3.63) is 59.2 Å². The Kier molecular flexibility index (Phi) is 10.1. The molecule has 0 radical (unpaired) electrons. The van der Waals surface area contributed by atoms with Gasteiger partial charge in [-0.05, 0) is 90.8 Å². The minimum atomic E-state index is -1.26. The molecule has 2 aliphatic rings. The van der Waals surface area contributed by atoms with Crippen LogP contribution in [-0.4, -0.2) is 28.7 Å². The molecule has 4 N–H and O–H groups in total. The van der Waals surface area contributed by atoms with E-state index in [0.717, 1.165) is 18.9 Å². The Morgan fingerprint density at radius 3 is 2.38 bits per heavy atom. The highest BCUT2D eigenvalue weighted by atomic mass is 16.4. The molecule has 0 aliphatic heterocycles. The molecular formula is C29H43NO4. The van der Waals surface area contributed by atoms with Gasteiger partial charge in [0.2, 0.25) is 0 Å². The van der Waals surface area contributed by atoms with Gasteiger partial charge in [-0.25, -0.2) is 9.59 Å². The zero-order chi connectivity index (χ0) is 25.4. The molecule has 1 aromatic carbocycles. The summed E-state index contributed by atoms with van der Waals surface area (Å²) in [5, 5.41) is 15.6. The topological polar surface area (TPSA) is 101 Å². The first-order valence-electron chi connectivity index (χ1n) is 12.7. The Balaban J connectivity index is 0.000000440. The number of allylic oxidation sites excluding steroid dienone is 2. The van der Waals surface area contributed by atoms with E-state index < -0.39 is 11.9 Å². The smallest absolute Gasteiger partial charge is 0.328 e. The van der Waals surface area contributed by atoms with E-state index in [4.69, 9.17) is 15.9 Å². The quantitative estimate of drug-likeness (QED) is 0.238. The van der Waals surface area contributed by atoms with Crippen molar-refractivity contribution < 1.29 is 19.8 Å². The second-order valence-electron chi connectivity index (χ2n) is 10.6. The summed E-state index contributed by atoms with van der Waals surface area (Å²) in [6, 6.07) is 7.38. The van der Waals surface area contributed by atoms with Gasteiger partial charge in [0, 0.05) is 12.2 Å². The van der Waals surface area contributed by atoms with E-state index in [-0.39, 0.29) is 0 Å². The highest BCUT2D eigenvalue weighted by Crippen LogP contribution is 2.57. The van der Waals surface area contributed by atoms with Crippen LogP contribution in [0.3, 0.4) is 0 Å². The van der Waals surface area contributed by atoms with Crippen molar-refractivity contribution in [3.8, 4) is 0 Å². The SMILES string of the molecule is CC(C)c1ccc2c(c1)CC[C@H]1[C@](C)(/C=C\CCCCN)CCC[C@]21C.O=C(O)/C=C/C(=O)O. The second kappa shape index (κ2) is 12.3. The number of aliphatic carboxylic acids is 2. The van der Waals surface area contributed by atoms with Gasteiger partial charge < -0.3 is 15.9 Å². The first kappa shape index (κ1) is 27.8. The van der Waals surface area contributed by atoms with Crippen molar-refractivity contribution in [3.63, 3.8) is 0 Å². The average molecular weight is 470 g/mol. The molecule has 34 heavy (non-hydrogen) atoms. The van der Waals surface area contributed by atoms with Crippen LogP contribution in [0.4, 0.5) is 0 Å². The molecule has 5 nitrogen and oxygen atoms in total. The molecule has 0 heterocycles. The maximum absolute atomic E-state index is 9.55. The van der Waals surface area contributed by atoms with Crippen LogP contribution in [0.25, 0.3) is 0 Å². The van der Waals surface area contributed by atoms with Gasteiger partial charge in [0.1, 0.15) is 0 Å². The van der Waals surface area contributed by atoms with Crippen LogP contribution in [0, 0.1) is 11.3 Å². The maximum Gasteiger partial charge on any atom is 0.328 e. The van der Waals surface area contributed by atoms with Crippen molar-refractivity contribution in [1.29, 1.82) is 0 Å². The summed E-state index contributed by atoms with van der Waals surface area (Å²) in [4.78, 5) is 19.1. The summed E-state index contributed by atoms with van der Waals surface area (Å²) in [5.41, 5.74) is 11.1. The summed E-state index contributed by atoms with van der Waals surface area (Å²) >= 11 is 0. The maximum atomic E-state index is 9.55. The predicted molar refractivity (Wildman–Crippen MR) is 138 cm³/mol. The van der Waals surface area contributed by atoms with Crippen LogP contribution in [0.1, 0.15) is 95.2 Å². The highest BCUT2D eigenvalue weighted by Gasteiger charge is 2.50. The number of hydrogen-bond acceptors (Lipinski definition) is 3. The number of carboxylic acid groups (broad SMARTS) is 2. The third-order valence-corrected chi connectivity index (χ3v) is 7.78. The minimum absolute atomic E-state index is 0.345. The first-order valence-corrected chi connectivity index (χ1v) is 12.7. The molecule has 0 saturated heterocycles. The third kappa shape index (κ3) is 7.05. The average Bonchev–Trinajstić information content (AvgIpc) is 2.77. The summed E-state index contributed by atoms with van der Waals surface area (Å²) < 4.78 is 0. The van der Waals surface area contributed by atoms with E-state index in [9.17, 15) is 9.59 Å². The fourth-order valence-electron chi connectivity index (χ4n) is 6.02. The van der Waals surface area contributed by atoms with Crippen molar-refractivity contribution >= 4 is 11.9 Å². The summed E-state index contributed by atoms with van der Waals surface area (Å²) in [6.07, 6.45) is 16.4. The lowest BCUT2D eigenvalue weighted by Gasteiger charge is -2.54. The van der Waals surface area contributed by atoms with E-state index in [0.29, 0.717) is 28.9 Å². The molecule has 2 aliphatic carbocycles. The van der Waals surface area contributed by atoms with Crippen molar-refractivity contribution in [2.45, 2.75) is 90.4 Å². The van der Waals surface area contributed by atoms with E-state index >= 15 is 0 Å². The third-order valence-electron chi connectivity index (χ3n) is 7.78. The van der Waals surface area contributed by atoms with Gasteiger partial charge in [0.25, 0.3) is 0 Å². The number of fused-ring (bicyclic) bond motifs is 3. The summed E-state index contributed by atoms with van der Waals surface area (Å²) in [7, 11) is 0. The second-order valence-corrected chi connectivity index (χ2v) is 10.6. The highest BCUT2D eigenvalue weighted by molar-refractivity contribution is 5.89. The molecule has 1 fully saturated rings. The lowest BCUT2D eigenvalue weighted by molar-refractivity contribution is -0.134. The Bertz CT molecular complexity index is 887. The van der Waals surface area contributed by atoms with Crippen LogP contribution in [0.2, 0.25) is 0 Å². The van der Waals surface area contributed by atoms with Crippen LogP contribution < -0.4 is 5.73 Å². The van der Waals surface area contributed by atoms with Gasteiger partial charge in [-0.15, -0.1) is 0 Å². The molecule has 188 valence electrons. The Morgan fingerprint density at radius 2 is 1.79 bits per heavy atom. The van der Waals surface area contributed by atoms with Crippen LogP contribution in [-0.2, 0) is 21.4 Å². The van der Waals surface area contributed by atoms with Crippen molar-refractivity contribution in [2.75, 3.05) is 6.54 Å². The number of nitrogens with two attached hydrogens (primary N) is 1. The largest absolute Gasteiger partial charge is 0.478 e. The molecule has 5 heteroatoms. The zero-order valence-corrected chi connectivity index (χ0v) is 21.3. The molecule has 3 rings (SSSR count). The van der Waals surface area contributed by atoms with Gasteiger partial charge >= 0.3 is 11.9 Å². The van der Waals surface area contributed by atoms with E-state index in [2.05, 4.69) is 58.0 Å². The molecule has 1 saturated carbocycles. The van der Waals surface area contributed by atoms with E-state index in [1.165, 1.54) is 50.5 Å². The van der Waals surface area contributed by atoms with Crippen LogP contribution >= 0.6 is 0 Å². The minimum Gasteiger partial charge on any atom is -0.478 e. The predicted octanol–water partition coefficient (Wildman–Crippen LogP) is 6.22. The number of benzene rings is 1. The lowest BCUT2D eigenvalue weighted by Crippen LogP contribution is -2.48. The standard InChI is InChI=1S/C25H39N.C4H4O4/c1-19(2)20-10-12-22-21(18-20)11-13-23-24(3,14-7-5-6-8-17-26)15-9-16-25(22,23)4;5-3(6)1-2-4(7)8/h7,10,12,14,18-19,23H,5-6,8-9,11,13,15-17,26H2,1-4H3;1-2H,(H,5,6)(H,7,8)/b14-7-;2-1+/t23-,24+,25+;/m0./s1. The number of carboxylic acids is 2. The first-order chi connectivity index (χ1) is 16.0. The summed E-state index contributed by atoms with van der Waals surface area (Å²) in [5.74, 6) is -1.12. The van der Waals surface area contributed by atoms with Crippen LogP contribution in [0.5, 0.6) is 0 Å². The van der Waals surface area contributed by atoms with Gasteiger partial charge in [0.15, 0.2) is 0 Å². The molecule has 3 atom stereocenters. The molecular weight excluding hydrogens is 426 g/mol. The number of unbranched alkanes of at least 4 members (excludes halogenated alkanes) is 2. The summed E-state index contributed by atoms with van der Waals surface area (Å²) in [6.45, 7) is 10.5. The fourth-order valence-corrected chi connectivity index (χ4v) is 6.02.